The van der Waals surface area contributed by atoms with Crippen LogP contribution in [0.1, 0.15) is 106 Å². The third-order valence-corrected chi connectivity index (χ3v) is 14.1. The molecule has 0 aromatic carbocycles. The number of allylic oxidation sites excluding steroid dienone is 2. The molecule has 5 aliphatic carbocycles. The van der Waals surface area contributed by atoms with E-state index in [2.05, 4.69) is 47.6 Å². The summed E-state index contributed by atoms with van der Waals surface area (Å²) in [7, 11) is -4.74. The molecule has 0 heterocycles. The van der Waals surface area contributed by atoms with Crippen molar-refractivity contribution in [1.82, 2.24) is 0 Å². The zero-order chi connectivity index (χ0) is 29.0. The molecule has 4 fully saturated rings. The van der Waals surface area contributed by atoms with Crippen molar-refractivity contribution in [2.75, 3.05) is 6.61 Å². The minimum absolute atomic E-state index is 0.0115. The Labute approximate surface area is 235 Å². The van der Waals surface area contributed by atoms with Gasteiger partial charge in [-0.3, -0.25) is 9.35 Å². The Kier molecular flexibility index (Phi) is 6.65. The van der Waals surface area contributed by atoms with Gasteiger partial charge in [-0.2, -0.15) is 8.42 Å². The van der Waals surface area contributed by atoms with Crippen LogP contribution in [0, 0.1) is 56.2 Å². The lowest BCUT2D eigenvalue weighted by Gasteiger charge is -2.71. The molecular weight excluding hydrogens is 516 g/mol. The first-order valence-electron chi connectivity index (χ1n) is 15.0. The summed E-state index contributed by atoms with van der Waals surface area (Å²) in [6.45, 7) is 15.7. The van der Waals surface area contributed by atoms with Gasteiger partial charge in [-0.25, -0.2) is 4.18 Å². The summed E-state index contributed by atoms with van der Waals surface area (Å²) < 4.78 is 37.4. The van der Waals surface area contributed by atoms with Crippen molar-refractivity contribution in [2.45, 2.75) is 112 Å². The molecule has 0 aromatic rings. The van der Waals surface area contributed by atoms with Crippen LogP contribution in [0.25, 0.3) is 0 Å². The molecule has 4 saturated carbocycles. The summed E-state index contributed by atoms with van der Waals surface area (Å²) in [6, 6.07) is 0. The maximum absolute atomic E-state index is 12.5. The van der Waals surface area contributed by atoms with Crippen LogP contribution in [0.3, 0.4) is 0 Å². The normalized spacial score (nSPS) is 51.0. The Hall–Kier alpha value is -0.960. The van der Waals surface area contributed by atoms with Crippen molar-refractivity contribution in [2.24, 2.45) is 56.2 Å². The molecule has 0 bridgehead atoms. The SMILES string of the molecule is CC1(C)CC[C@]2(C)CC[C@]3(C)C(=CC[C@@H]4[C@@]5(C)C[C@H](C(=O)O)C(O)C(C)(COS(=O)(=O)O)C5CC[C@]43C)[C@H]2C1. The second kappa shape index (κ2) is 8.78. The average molecular weight is 567 g/mol. The van der Waals surface area contributed by atoms with Crippen molar-refractivity contribution in [3.8, 4) is 0 Å². The molecule has 0 aromatic heterocycles. The smallest absolute Gasteiger partial charge is 0.397 e. The van der Waals surface area contributed by atoms with Crippen molar-refractivity contribution in [3.05, 3.63) is 11.6 Å². The van der Waals surface area contributed by atoms with E-state index in [-0.39, 0.29) is 22.7 Å². The summed E-state index contributed by atoms with van der Waals surface area (Å²) in [5.74, 6) is -1.48. The van der Waals surface area contributed by atoms with E-state index in [1.807, 2.05) is 0 Å². The second-order valence-corrected chi connectivity index (χ2v) is 17.2. The number of rotatable bonds is 4. The van der Waals surface area contributed by atoms with Crippen molar-refractivity contribution in [1.29, 1.82) is 0 Å². The predicted molar refractivity (Wildman–Crippen MR) is 149 cm³/mol. The van der Waals surface area contributed by atoms with Gasteiger partial charge in [0.15, 0.2) is 0 Å². The topological polar surface area (TPSA) is 121 Å². The highest BCUT2D eigenvalue weighted by Gasteiger charge is 2.70. The maximum atomic E-state index is 12.5. The molecule has 0 saturated heterocycles. The quantitative estimate of drug-likeness (QED) is 0.270. The number of aliphatic carboxylic acids is 1. The molecule has 7 nitrogen and oxygen atoms in total. The second-order valence-electron chi connectivity index (χ2n) is 16.2. The van der Waals surface area contributed by atoms with Gasteiger partial charge in [0.1, 0.15) is 0 Å². The molecule has 0 aliphatic heterocycles. The number of fused-ring (bicyclic) bond motifs is 7. The fourth-order valence-electron chi connectivity index (χ4n) is 11.1. The fraction of sp³-hybridized carbons (Fsp3) is 0.903. The molecule has 0 radical (unpaired) electrons. The van der Waals surface area contributed by atoms with Crippen molar-refractivity contribution < 1.29 is 32.2 Å². The molecule has 222 valence electrons. The van der Waals surface area contributed by atoms with Crippen LogP contribution in [0.4, 0.5) is 0 Å². The highest BCUT2D eigenvalue weighted by Crippen LogP contribution is 2.76. The number of carboxylic acid groups (broad SMARTS) is 1. The first-order valence-corrected chi connectivity index (χ1v) is 16.3. The largest absolute Gasteiger partial charge is 0.481 e. The van der Waals surface area contributed by atoms with Crippen LogP contribution < -0.4 is 0 Å². The molecule has 39 heavy (non-hydrogen) atoms. The molecular formula is C31H50O7S. The van der Waals surface area contributed by atoms with Gasteiger partial charge in [0, 0.05) is 5.41 Å². The third-order valence-electron chi connectivity index (χ3n) is 13.7. The maximum Gasteiger partial charge on any atom is 0.397 e. The minimum Gasteiger partial charge on any atom is -0.481 e. The Morgan fingerprint density at radius 2 is 1.62 bits per heavy atom. The van der Waals surface area contributed by atoms with E-state index < -0.39 is 45.8 Å². The molecule has 5 rings (SSSR count). The lowest BCUT2D eigenvalue weighted by Crippen LogP contribution is -2.67. The van der Waals surface area contributed by atoms with Gasteiger partial charge < -0.3 is 10.2 Å². The molecule has 0 spiro atoms. The Morgan fingerprint density at radius 3 is 2.23 bits per heavy atom. The highest BCUT2D eigenvalue weighted by atomic mass is 32.3. The molecule has 0 amide bonds. The number of hydrogen-bond donors (Lipinski definition) is 3. The minimum atomic E-state index is -4.74. The van der Waals surface area contributed by atoms with Crippen molar-refractivity contribution >= 4 is 16.4 Å². The van der Waals surface area contributed by atoms with Gasteiger partial charge in [-0.05, 0) is 103 Å². The van der Waals surface area contributed by atoms with E-state index in [1.165, 1.54) is 25.7 Å². The zero-order valence-electron chi connectivity index (χ0n) is 24.9. The average Bonchev–Trinajstić information content (AvgIpc) is 2.81. The highest BCUT2D eigenvalue weighted by molar-refractivity contribution is 7.80. The molecule has 8 heteroatoms. The van der Waals surface area contributed by atoms with E-state index in [0.717, 1.165) is 25.7 Å². The van der Waals surface area contributed by atoms with E-state index in [4.69, 9.17) is 4.18 Å². The third kappa shape index (κ3) is 4.20. The number of aliphatic hydroxyl groups excluding tert-OH is 1. The Bertz CT molecular complexity index is 1180. The Balaban J connectivity index is 1.59. The number of carbonyl (C=O) groups is 1. The van der Waals surface area contributed by atoms with Crippen LogP contribution in [0.5, 0.6) is 0 Å². The van der Waals surface area contributed by atoms with E-state index in [0.29, 0.717) is 23.2 Å². The molecule has 10 atom stereocenters. The number of hydrogen-bond acceptors (Lipinski definition) is 5. The fourth-order valence-corrected chi connectivity index (χ4v) is 11.5. The monoisotopic (exact) mass is 566 g/mol. The number of aliphatic hydroxyl groups is 1. The Morgan fingerprint density at radius 1 is 0.974 bits per heavy atom. The van der Waals surface area contributed by atoms with Crippen LogP contribution in [-0.4, -0.2) is 41.9 Å². The predicted octanol–water partition coefficient (Wildman–Crippen LogP) is 6.28. The summed E-state index contributed by atoms with van der Waals surface area (Å²) in [5.41, 5.74) is 0.696. The zero-order valence-corrected chi connectivity index (χ0v) is 25.7. The van der Waals surface area contributed by atoms with Crippen LogP contribution in [0.2, 0.25) is 0 Å². The van der Waals surface area contributed by atoms with Gasteiger partial charge >= 0.3 is 16.4 Å². The molecule has 3 N–H and O–H groups in total. The van der Waals surface area contributed by atoms with E-state index in [1.54, 1.807) is 12.5 Å². The first-order chi connectivity index (χ1) is 17.7. The van der Waals surface area contributed by atoms with Crippen LogP contribution in [0.15, 0.2) is 11.6 Å². The first kappa shape index (κ1) is 29.5. The summed E-state index contributed by atoms with van der Waals surface area (Å²) in [4.78, 5) is 12.5. The molecule has 5 aliphatic rings. The van der Waals surface area contributed by atoms with Gasteiger partial charge in [0.05, 0.1) is 18.6 Å². The van der Waals surface area contributed by atoms with Crippen molar-refractivity contribution in [3.63, 3.8) is 0 Å². The van der Waals surface area contributed by atoms with Gasteiger partial charge in [-0.15, -0.1) is 0 Å². The van der Waals surface area contributed by atoms with Crippen LogP contribution >= 0.6 is 0 Å². The van der Waals surface area contributed by atoms with Gasteiger partial charge in [-0.1, -0.05) is 60.1 Å². The lowest BCUT2D eigenvalue weighted by atomic mass is 9.33. The van der Waals surface area contributed by atoms with Crippen LogP contribution in [-0.2, 0) is 19.4 Å². The van der Waals surface area contributed by atoms with E-state index in [9.17, 15) is 28.0 Å². The summed E-state index contributed by atoms with van der Waals surface area (Å²) >= 11 is 0. The summed E-state index contributed by atoms with van der Waals surface area (Å²) in [6.07, 6.45) is 10.3. The summed E-state index contributed by atoms with van der Waals surface area (Å²) in [5, 5.41) is 21.6. The standard InChI is InChI=1S/C31H50O7S/c1-26(2)12-13-27(3)14-15-30(6)20(21(27)17-26)8-9-23-28(4)16-19(25(33)34)24(32)29(5,18-38-39(35,36)37)22(28)10-11-31(23,30)7/h8,19,21-24,32H,9-18H2,1-7H3,(H,33,34)(H,35,36,37)/t19-,21+,22?,23+,24?,27+,28-,29?,30+,31+/m0/s1. The number of carboxylic acids is 1. The lowest BCUT2D eigenvalue weighted by molar-refractivity contribution is -0.232. The van der Waals surface area contributed by atoms with Gasteiger partial charge in [0.25, 0.3) is 0 Å². The van der Waals surface area contributed by atoms with Gasteiger partial charge in [0.2, 0.25) is 0 Å². The van der Waals surface area contributed by atoms with E-state index >= 15 is 0 Å². The molecule has 3 unspecified atom stereocenters.